The molecule has 0 amide bonds. The number of unbranched alkanes of at least 4 members (excludes halogenated alkanes) is 4. The Labute approximate surface area is 123 Å². The summed E-state index contributed by atoms with van der Waals surface area (Å²) in [6.45, 7) is 8.97. The van der Waals surface area contributed by atoms with Gasteiger partial charge in [-0.25, -0.2) is 9.97 Å². The summed E-state index contributed by atoms with van der Waals surface area (Å²) >= 11 is 0. The minimum absolute atomic E-state index is 0.511. The maximum atomic E-state index is 5.61. The molecule has 0 atom stereocenters. The van der Waals surface area contributed by atoms with Crippen molar-refractivity contribution in [2.24, 2.45) is 0 Å². The van der Waals surface area contributed by atoms with E-state index >= 15 is 0 Å². The molecule has 1 aromatic heterocycles. The average Bonchev–Trinajstić information content (AvgIpc) is 2.45. The molecule has 4 nitrogen and oxygen atoms in total. The van der Waals surface area contributed by atoms with Crippen LogP contribution in [-0.4, -0.2) is 23.1 Å². The van der Waals surface area contributed by atoms with Crippen LogP contribution in [0.15, 0.2) is 6.20 Å². The highest BCUT2D eigenvalue weighted by molar-refractivity contribution is 5.17. The zero-order chi connectivity index (χ0) is 14.6. The van der Waals surface area contributed by atoms with Gasteiger partial charge in [0.2, 0.25) is 0 Å². The van der Waals surface area contributed by atoms with Crippen LogP contribution in [0.3, 0.4) is 0 Å². The summed E-state index contributed by atoms with van der Waals surface area (Å²) < 4.78 is 5.61. The monoisotopic (exact) mass is 279 g/mol. The van der Waals surface area contributed by atoms with Gasteiger partial charge in [0.1, 0.15) is 0 Å². The van der Waals surface area contributed by atoms with Crippen molar-refractivity contribution in [2.75, 3.05) is 13.2 Å². The highest BCUT2D eigenvalue weighted by Crippen LogP contribution is 2.10. The fraction of sp³-hybridized carbons (Fsp3) is 0.750. The lowest BCUT2D eigenvalue weighted by Crippen LogP contribution is -2.15. The van der Waals surface area contributed by atoms with Gasteiger partial charge >= 0.3 is 6.01 Å². The summed E-state index contributed by atoms with van der Waals surface area (Å²) in [4.78, 5) is 8.69. The predicted octanol–water partition coefficient (Wildman–Crippen LogP) is 3.63. The average molecular weight is 279 g/mol. The largest absolute Gasteiger partial charge is 0.463 e. The first-order valence-corrected chi connectivity index (χ1v) is 7.94. The standard InChI is InChI=1S/C16H29N3O/c1-4-6-7-8-9-11-20-16-18-13-15(14(3)19-16)12-17-10-5-2/h13,17H,4-12H2,1-3H3. The van der Waals surface area contributed by atoms with E-state index in [1.165, 1.54) is 25.7 Å². The van der Waals surface area contributed by atoms with Crippen molar-refractivity contribution in [1.29, 1.82) is 0 Å². The molecule has 4 heteroatoms. The van der Waals surface area contributed by atoms with Crippen molar-refractivity contribution in [1.82, 2.24) is 15.3 Å². The molecule has 0 fully saturated rings. The van der Waals surface area contributed by atoms with Crippen LogP contribution >= 0.6 is 0 Å². The van der Waals surface area contributed by atoms with Gasteiger partial charge in [0, 0.05) is 24.0 Å². The molecule has 20 heavy (non-hydrogen) atoms. The first kappa shape index (κ1) is 16.9. The van der Waals surface area contributed by atoms with Gasteiger partial charge in [0.05, 0.1) is 6.61 Å². The van der Waals surface area contributed by atoms with E-state index in [0.29, 0.717) is 6.01 Å². The molecule has 0 aliphatic heterocycles. The molecule has 0 aliphatic carbocycles. The summed E-state index contributed by atoms with van der Waals surface area (Å²) in [5.41, 5.74) is 2.15. The number of aromatic nitrogens is 2. The zero-order valence-electron chi connectivity index (χ0n) is 13.2. The first-order chi connectivity index (χ1) is 9.77. The lowest BCUT2D eigenvalue weighted by molar-refractivity contribution is 0.280. The molecule has 1 heterocycles. The molecule has 0 spiro atoms. The first-order valence-electron chi connectivity index (χ1n) is 7.94. The molecule has 0 bridgehead atoms. The van der Waals surface area contributed by atoms with E-state index in [-0.39, 0.29) is 0 Å². The molecule has 1 rings (SSSR count). The Kier molecular flexibility index (Phi) is 8.96. The van der Waals surface area contributed by atoms with Crippen LogP contribution in [0.1, 0.15) is 63.6 Å². The van der Waals surface area contributed by atoms with E-state index in [9.17, 15) is 0 Å². The van der Waals surface area contributed by atoms with Crippen LogP contribution in [0.4, 0.5) is 0 Å². The number of ether oxygens (including phenoxy) is 1. The zero-order valence-corrected chi connectivity index (χ0v) is 13.2. The van der Waals surface area contributed by atoms with Gasteiger partial charge in [-0.05, 0) is 26.3 Å². The van der Waals surface area contributed by atoms with Gasteiger partial charge in [-0.3, -0.25) is 0 Å². The molecule has 0 aromatic carbocycles. The van der Waals surface area contributed by atoms with Crippen LogP contribution in [0.5, 0.6) is 6.01 Å². The number of hydrogen-bond acceptors (Lipinski definition) is 4. The maximum absolute atomic E-state index is 5.61. The molecule has 0 saturated carbocycles. The van der Waals surface area contributed by atoms with E-state index < -0.39 is 0 Å². The molecule has 0 radical (unpaired) electrons. The van der Waals surface area contributed by atoms with E-state index in [0.717, 1.165) is 43.8 Å². The smallest absolute Gasteiger partial charge is 0.316 e. The molecule has 114 valence electrons. The second-order valence-corrected chi connectivity index (χ2v) is 5.20. The predicted molar refractivity (Wildman–Crippen MR) is 83.0 cm³/mol. The van der Waals surface area contributed by atoms with E-state index in [1.807, 2.05) is 13.1 Å². The molecule has 1 N–H and O–H groups in total. The van der Waals surface area contributed by atoms with Gasteiger partial charge in [-0.1, -0.05) is 39.5 Å². The third-order valence-electron chi connectivity index (χ3n) is 3.28. The molecule has 0 saturated heterocycles. The molecule has 0 aliphatic rings. The van der Waals surface area contributed by atoms with Crippen molar-refractivity contribution >= 4 is 0 Å². The number of nitrogens with one attached hydrogen (secondary N) is 1. The summed E-state index contributed by atoms with van der Waals surface area (Å²) in [5.74, 6) is 0. The third kappa shape index (κ3) is 6.85. The number of aryl methyl sites for hydroxylation is 1. The van der Waals surface area contributed by atoms with Gasteiger partial charge in [0.15, 0.2) is 0 Å². The topological polar surface area (TPSA) is 47.0 Å². The van der Waals surface area contributed by atoms with E-state index in [4.69, 9.17) is 4.74 Å². The van der Waals surface area contributed by atoms with Crippen LogP contribution in [0.25, 0.3) is 0 Å². The summed E-state index contributed by atoms with van der Waals surface area (Å²) in [6, 6.07) is 0.511. The SMILES string of the molecule is CCCCCCCOc1ncc(CNCCC)c(C)n1. The van der Waals surface area contributed by atoms with Crippen LogP contribution in [0.2, 0.25) is 0 Å². The fourth-order valence-corrected chi connectivity index (χ4v) is 1.98. The van der Waals surface area contributed by atoms with Crippen molar-refractivity contribution in [3.05, 3.63) is 17.5 Å². The second kappa shape index (κ2) is 10.6. The number of nitrogens with zero attached hydrogens (tertiary/aromatic N) is 2. The van der Waals surface area contributed by atoms with Crippen LogP contribution < -0.4 is 10.1 Å². The summed E-state index contributed by atoms with van der Waals surface area (Å²) in [5, 5.41) is 3.36. The van der Waals surface area contributed by atoms with Crippen molar-refractivity contribution in [3.8, 4) is 6.01 Å². The van der Waals surface area contributed by atoms with Gasteiger partial charge < -0.3 is 10.1 Å². The lowest BCUT2D eigenvalue weighted by Gasteiger charge is -2.08. The van der Waals surface area contributed by atoms with Gasteiger partial charge in [0.25, 0.3) is 0 Å². The highest BCUT2D eigenvalue weighted by Gasteiger charge is 2.04. The Morgan fingerprint density at radius 2 is 1.90 bits per heavy atom. The quantitative estimate of drug-likeness (QED) is 0.628. The maximum Gasteiger partial charge on any atom is 0.316 e. The second-order valence-electron chi connectivity index (χ2n) is 5.20. The Morgan fingerprint density at radius 1 is 1.10 bits per heavy atom. The third-order valence-corrected chi connectivity index (χ3v) is 3.28. The van der Waals surface area contributed by atoms with E-state index in [2.05, 4.69) is 29.1 Å². The summed E-state index contributed by atoms with van der Waals surface area (Å²) in [7, 11) is 0. The Balaban J connectivity index is 2.28. The minimum atomic E-state index is 0.511. The Bertz CT molecular complexity index is 369. The number of hydrogen-bond donors (Lipinski definition) is 1. The van der Waals surface area contributed by atoms with Gasteiger partial charge in [-0.2, -0.15) is 0 Å². The van der Waals surface area contributed by atoms with Crippen LogP contribution in [0, 0.1) is 6.92 Å². The molecular formula is C16H29N3O. The Morgan fingerprint density at radius 3 is 2.60 bits per heavy atom. The molecule has 0 unspecified atom stereocenters. The fourth-order valence-electron chi connectivity index (χ4n) is 1.98. The lowest BCUT2D eigenvalue weighted by atomic mass is 10.2. The van der Waals surface area contributed by atoms with Crippen molar-refractivity contribution in [2.45, 2.75) is 65.8 Å². The van der Waals surface area contributed by atoms with Crippen LogP contribution in [-0.2, 0) is 6.54 Å². The minimum Gasteiger partial charge on any atom is -0.463 e. The normalized spacial score (nSPS) is 10.8. The summed E-state index contributed by atoms with van der Waals surface area (Å²) in [6.07, 6.45) is 9.21. The van der Waals surface area contributed by atoms with Gasteiger partial charge in [-0.15, -0.1) is 0 Å². The van der Waals surface area contributed by atoms with E-state index in [1.54, 1.807) is 0 Å². The number of rotatable bonds is 11. The molecular weight excluding hydrogens is 250 g/mol. The van der Waals surface area contributed by atoms with Crippen molar-refractivity contribution < 1.29 is 4.74 Å². The Hall–Kier alpha value is -1.16. The highest BCUT2D eigenvalue weighted by atomic mass is 16.5. The molecule has 1 aromatic rings. The van der Waals surface area contributed by atoms with Crippen molar-refractivity contribution in [3.63, 3.8) is 0 Å².